The first-order valence-corrected chi connectivity index (χ1v) is 7.22. The van der Waals surface area contributed by atoms with Crippen LogP contribution < -0.4 is 20.3 Å². The molecular weight excluding hydrogens is 296 g/mol. The molecule has 1 amide bonds. The van der Waals surface area contributed by atoms with Crippen LogP contribution in [0.1, 0.15) is 18.5 Å². The lowest BCUT2D eigenvalue weighted by atomic mass is 10.1. The molecule has 2 aromatic rings. The lowest BCUT2D eigenvalue weighted by Crippen LogP contribution is -2.33. The number of carbonyl (C=O) groups excluding carboxylic acids is 1. The van der Waals surface area contributed by atoms with Crippen LogP contribution in [0.25, 0.3) is 0 Å². The highest BCUT2D eigenvalue weighted by molar-refractivity contribution is 5.76. The molecule has 0 saturated carbocycles. The number of methoxy groups -OCH3 is 2. The lowest BCUT2D eigenvalue weighted by molar-refractivity contribution is -0.122. The molecule has 1 aromatic carbocycles. The summed E-state index contributed by atoms with van der Waals surface area (Å²) in [5.41, 5.74) is 0.592. The number of ether oxygens (including phenoxy) is 2. The molecule has 6 heteroatoms. The van der Waals surface area contributed by atoms with Crippen molar-refractivity contribution in [3.8, 4) is 11.5 Å². The van der Waals surface area contributed by atoms with Crippen LogP contribution in [0.5, 0.6) is 11.5 Å². The smallest absolute Gasteiger partial charge is 0.250 e. The summed E-state index contributed by atoms with van der Waals surface area (Å²) < 4.78 is 11.9. The van der Waals surface area contributed by atoms with Gasteiger partial charge in [0.05, 0.1) is 20.3 Å². The predicted octanol–water partition coefficient (Wildman–Crippen LogP) is 1.74. The fourth-order valence-corrected chi connectivity index (χ4v) is 2.29. The van der Waals surface area contributed by atoms with Gasteiger partial charge in [-0.15, -0.1) is 0 Å². The van der Waals surface area contributed by atoms with Gasteiger partial charge in [0.2, 0.25) is 5.91 Å². The van der Waals surface area contributed by atoms with Crippen molar-refractivity contribution in [1.82, 2.24) is 9.88 Å². The molecule has 2 rings (SSSR count). The van der Waals surface area contributed by atoms with E-state index in [1.165, 1.54) is 10.6 Å². The molecule has 1 N–H and O–H groups in total. The van der Waals surface area contributed by atoms with Crippen molar-refractivity contribution in [3.05, 3.63) is 58.5 Å². The van der Waals surface area contributed by atoms with Crippen LogP contribution >= 0.6 is 0 Å². The highest BCUT2D eigenvalue weighted by Crippen LogP contribution is 2.29. The van der Waals surface area contributed by atoms with E-state index in [1.54, 1.807) is 44.7 Å². The number of carbonyl (C=O) groups is 1. The van der Waals surface area contributed by atoms with Gasteiger partial charge in [0.25, 0.3) is 5.56 Å². The Labute approximate surface area is 134 Å². The number of hydrogen-bond acceptors (Lipinski definition) is 4. The van der Waals surface area contributed by atoms with Crippen molar-refractivity contribution in [2.24, 2.45) is 0 Å². The molecule has 6 nitrogen and oxygen atoms in total. The molecule has 23 heavy (non-hydrogen) atoms. The second kappa shape index (κ2) is 7.49. The third-order valence-corrected chi connectivity index (χ3v) is 3.49. The topological polar surface area (TPSA) is 69.6 Å². The minimum absolute atomic E-state index is 0.0315. The van der Waals surface area contributed by atoms with E-state index in [4.69, 9.17) is 9.47 Å². The average Bonchev–Trinajstić information content (AvgIpc) is 2.56. The van der Waals surface area contributed by atoms with E-state index in [2.05, 4.69) is 5.32 Å². The summed E-state index contributed by atoms with van der Waals surface area (Å²) in [6.07, 6.45) is 1.58. The van der Waals surface area contributed by atoms with Gasteiger partial charge in [0, 0.05) is 17.8 Å². The molecule has 0 aliphatic rings. The van der Waals surface area contributed by atoms with Crippen LogP contribution in [-0.4, -0.2) is 24.7 Å². The molecule has 1 aromatic heterocycles. The summed E-state index contributed by atoms with van der Waals surface area (Å²) in [6, 6.07) is 9.88. The van der Waals surface area contributed by atoms with E-state index in [0.29, 0.717) is 11.5 Å². The first-order chi connectivity index (χ1) is 11.0. The summed E-state index contributed by atoms with van der Waals surface area (Å²) in [5.74, 6) is 1.09. The van der Waals surface area contributed by atoms with Gasteiger partial charge in [0.15, 0.2) is 0 Å². The van der Waals surface area contributed by atoms with Crippen molar-refractivity contribution in [2.45, 2.75) is 19.5 Å². The Morgan fingerprint density at radius 2 is 2.00 bits per heavy atom. The Balaban J connectivity index is 2.12. The summed E-state index contributed by atoms with van der Waals surface area (Å²) in [5, 5.41) is 2.86. The molecular formula is C17H20N2O4. The van der Waals surface area contributed by atoms with Crippen LogP contribution in [0.3, 0.4) is 0 Å². The van der Waals surface area contributed by atoms with E-state index in [9.17, 15) is 9.59 Å². The lowest BCUT2D eigenvalue weighted by Gasteiger charge is -2.18. The second-order valence-electron chi connectivity index (χ2n) is 5.06. The highest BCUT2D eigenvalue weighted by atomic mass is 16.5. The van der Waals surface area contributed by atoms with Crippen LogP contribution in [0.15, 0.2) is 47.4 Å². The first-order valence-electron chi connectivity index (χ1n) is 7.22. The monoisotopic (exact) mass is 316 g/mol. The van der Waals surface area contributed by atoms with Gasteiger partial charge < -0.3 is 19.4 Å². The fourth-order valence-electron chi connectivity index (χ4n) is 2.29. The number of aromatic nitrogens is 1. The SMILES string of the molecule is COc1ccc(OC)c(C(C)NC(=O)Cn2ccccc2=O)c1. The van der Waals surface area contributed by atoms with Gasteiger partial charge in [-0.3, -0.25) is 9.59 Å². The van der Waals surface area contributed by atoms with Gasteiger partial charge in [-0.25, -0.2) is 0 Å². The van der Waals surface area contributed by atoms with Crippen LogP contribution in [0.2, 0.25) is 0 Å². The molecule has 1 atom stereocenters. The molecule has 0 aliphatic heterocycles. The summed E-state index contributed by atoms with van der Waals surface area (Å²) in [4.78, 5) is 23.8. The normalized spacial score (nSPS) is 11.6. The Morgan fingerprint density at radius 1 is 1.22 bits per heavy atom. The molecule has 0 spiro atoms. The summed E-state index contributed by atoms with van der Waals surface area (Å²) in [7, 11) is 3.15. The van der Waals surface area contributed by atoms with Crippen molar-refractivity contribution in [3.63, 3.8) is 0 Å². The maximum absolute atomic E-state index is 12.2. The zero-order valence-electron chi connectivity index (χ0n) is 13.4. The second-order valence-corrected chi connectivity index (χ2v) is 5.06. The van der Waals surface area contributed by atoms with E-state index >= 15 is 0 Å². The Bertz CT molecular complexity index is 739. The number of pyridine rings is 1. The minimum atomic E-state index is -0.285. The predicted molar refractivity (Wildman–Crippen MR) is 86.8 cm³/mol. The molecule has 0 fully saturated rings. The molecule has 0 radical (unpaired) electrons. The van der Waals surface area contributed by atoms with Crippen LogP contribution in [0.4, 0.5) is 0 Å². The molecule has 0 saturated heterocycles. The third-order valence-electron chi connectivity index (χ3n) is 3.49. The third kappa shape index (κ3) is 4.12. The number of nitrogens with one attached hydrogen (secondary N) is 1. The standard InChI is InChI=1S/C17H20N2O4/c1-12(14-10-13(22-2)7-8-15(14)23-3)18-16(20)11-19-9-5-4-6-17(19)21/h4-10,12H,11H2,1-3H3,(H,18,20). The van der Waals surface area contributed by atoms with Crippen LogP contribution in [-0.2, 0) is 11.3 Å². The number of hydrogen-bond donors (Lipinski definition) is 1. The zero-order chi connectivity index (χ0) is 16.8. The van der Waals surface area contributed by atoms with Crippen molar-refractivity contribution in [2.75, 3.05) is 14.2 Å². The van der Waals surface area contributed by atoms with E-state index in [-0.39, 0.29) is 24.1 Å². The molecule has 0 aliphatic carbocycles. The number of benzene rings is 1. The molecule has 1 unspecified atom stereocenters. The molecule has 1 heterocycles. The Kier molecular flexibility index (Phi) is 5.41. The largest absolute Gasteiger partial charge is 0.497 e. The summed E-state index contributed by atoms with van der Waals surface area (Å²) >= 11 is 0. The van der Waals surface area contributed by atoms with Gasteiger partial charge in [-0.1, -0.05) is 6.07 Å². The maximum Gasteiger partial charge on any atom is 0.250 e. The van der Waals surface area contributed by atoms with Gasteiger partial charge in [-0.2, -0.15) is 0 Å². The summed E-state index contributed by atoms with van der Waals surface area (Å²) in [6.45, 7) is 1.82. The highest BCUT2D eigenvalue weighted by Gasteiger charge is 2.15. The molecule has 122 valence electrons. The number of rotatable bonds is 6. The number of amides is 1. The van der Waals surface area contributed by atoms with Gasteiger partial charge in [0.1, 0.15) is 18.0 Å². The zero-order valence-corrected chi connectivity index (χ0v) is 13.4. The Morgan fingerprint density at radius 3 is 2.65 bits per heavy atom. The van der Waals surface area contributed by atoms with Crippen molar-refractivity contribution < 1.29 is 14.3 Å². The fraction of sp³-hybridized carbons (Fsp3) is 0.294. The maximum atomic E-state index is 12.2. The van der Waals surface area contributed by atoms with Crippen molar-refractivity contribution in [1.29, 1.82) is 0 Å². The van der Waals surface area contributed by atoms with Gasteiger partial charge >= 0.3 is 0 Å². The number of nitrogens with zero attached hydrogens (tertiary/aromatic N) is 1. The first kappa shape index (κ1) is 16.6. The molecule has 0 bridgehead atoms. The van der Waals surface area contributed by atoms with E-state index in [0.717, 1.165) is 5.56 Å². The quantitative estimate of drug-likeness (QED) is 0.881. The van der Waals surface area contributed by atoms with E-state index < -0.39 is 0 Å². The Hall–Kier alpha value is -2.76. The van der Waals surface area contributed by atoms with Crippen LogP contribution in [0, 0.1) is 0 Å². The van der Waals surface area contributed by atoms with Crippen molar-refractivity contribution >= 4 is 5.91 Å². The average molecular weight is 316 g/mol. The van der Waals surface area contributed by atoms with E-state index in [1.807, 2.05) is 13.0 Å². The van der Waals surface area contributed by atoms with Gasteiger partial charge in [-0.05, 0) is 31.2 Å². The minimum Gasteiger partial charge on any atom is -0.497 e.